The maximum Gasteiger partial charge on any atom is 0.122 e. The molecule has 0 saturated heterocycles. The minimum absolute atomic E-state index is 0.287. The van der Waals surface area contributed by atoms with E-state index in [1.54, 1.807) is 0 Å². The number of para-hydroxylation sites is 1. The highest BCUT2D eigenvalue weighted by atomic mass is 35.5. The molecule has 0 aliphatic carbocycles. The molecule has 2 nitrogen and oxygen atoms in total. The summed E-state index contributed by atoms with van der Waals surface area (Å²) in [7, 11) is 0. The van der Waals surface area contributed by atoms with Crippen LogP contribution in [0.4, 0.5) is 0 Å². The summed E-state index contributed by atoms with van der Waals surface area (Å²) in [5.41, 5.74) is 2.97. The maximum absolute atomic E-state index is 9.98. The molecule has 0 aliphatic rings. The van der Waals surface area contributed by atoms with Gasteiger partial charge in [-0.15, -0.1) is 0 Å². The largest absolute Gasteiger partial charge is 0.507 e. The van der Waals surface area contributed by atoms with Gasteiger partial charge in [-0.05, 0) is 37.5 Å². The predicted octanol–water partition coefficient (Wildman–Crippen LogP) is 4.07. The molecule has 0 aromatic heterocycles. The van der Waals surface area contributed by atoms with Crippen LogP contribution >= 0.6 is 11.6 Å². The molecule has 1 unspecified atom stereocenters. The van der Waals surface area contributed by atoms with Crippen molar-refractivity contribution in [2.45, 2.75) is 32.9 Å². The Hall–Kier alpha value is -1.51. The molecular formula is C17H20ClNO. The second-order valence-electron chi connectivity index (χ2n) is 5.16. The summed E-state index contributed by atoms with van der Waals surface area (Å²) in [6.07, 6.45) is 0.867. The molecule has 2 N–H and O–H groups in total. The number of aromatic hydroxyl groups is 1. The van der Waals surface area contributed by atoms with Crippen LogP contribution in [0.3, 0.4) is 0 Å². The zero-order valence-corrected chi connectivity index (χ0v) is 12.6. The molecule has 3 heteroatoms. The number of phenols is 1. The van der Waals surface area contributed by atoms with Crippen LogP contribution in [0.5, 0.6) is 5.75 Å². The van der Waals surface area contributed by atoms with Crippen LogP contribution in [0, 0.1) is 6.92 Å². The Kier molecular flexibility index (Phi) is 5.05. The molecule has 106 valence electrons. The molecule has 0 spiro atoms. The Bertz CT molecular complexity index is 583. The van der Waals surface area contributed by atoms with Crippen molar-refractivity contribution in [2.75, 3.05) is 0 Å². The van der Waals surface area contributed by atoms with Gasteiger partial charge in [0, 0.05) is 23.2 Å². The molecule has 0 radical (unpaired) electrons. The van der Waals surface area contributed by atoms with Crippen molar-refractivity contribution < 1.29 is 5.11 Å². The average molecular weight is 290 g/mol. The van der Waals surface area contributed by atoms with Crippen LogP contribution in [0.1, 0.15) is 23.6 Å². The average Bonchev–Trinajstić information content (AvgIpc) is 2.43. The van der Waals surface area contributed by atoms with E-state index >= 15 is 0 Å². The number of benzene rings is 2. The fourth-order valence-corrected chi connectivity index (χ4v) is 2.43. The number of halogens is 1. The van der Waals surface area contributed by atoms with Crippen LogP contribution in [0.15, 0.2) is 42.5 Å². The SMILES string of the molecule is Cc1cccc(CNC(C)Cc2ccccc2Cl)c1O. The van der Waals surface area contributed by atoms with Crippen LogP contribution in [-0.4, -0.2) is 11.1 Å². The van der Waals surface area contributed by atoms with E-state index in [-0.39, 0.29) is 6.04 Å². The van der Waals surface area contributed by atoms with E-state index in [9.17, 15) is 5.11 Å². The number of nitrogens with one attached hydrogen (secondary N) is 1. The first-order valence-corrected chi connectivity index (χ1v) is 7.20. The van der Waals surface area contributed by atoms with Gasteiger partial charge in [-0.3, -0.25) is 0 Å². The zero-order valence-electron chi connectivity index (χ0n) is 11.9. The fraction of sp³-hybridized carbons (Fsp3) is 0.294. The van der Waals surface area contributed by atoms with Gasteiger partial charge in [0.1, 0.15) is 5.75 Å². The van der Waals surface area contributed by atoms with Crippen LogP contribution in [-0.2, 0) is 13.0 Å². The van der Waals surface area contributed by atoms with Crippen molar-refractivity contribution in [1.82, 2.24) is 5.32 Å². The summed E-state index contributed by atoms with van der Waals surface area (Å²) in [6.45, 7) is 4.68. The fourth-order valence-electron chi connectivity index (χ4n) is 2.21. The van der Waals surface area contributed by atoms with Gasteiger partial charge in [0.05, 0.1) is 0 Å². The number of hydrogen-bond donors (Lipinski definition) is 2. The Morgan fingerprint density at radius 3 is 2.55 bits per heavy atom. The first kappa shape index (κ1) is 14.9. The first-order valence-electron chi connectivity index (χ1n) is 6.82. The lowest BCUT2D eigenvalue weighted by Gasteiger charge is -2.16. The monoisotopic (exact) mass is 289 g/mol. The molecule has 2 rings (SSSR count). The molecule has 0 bridgehead atoms. The maximum atomic E-state index is 9.98. The molecule has 2 aromatic rings. The van der Waals surface area contributed by atoms with Gasteiger partial charge in [-0.1, -0.05) is 48.0 Å². The van der Waals surface area contributed by atoms with Gasteiger partial charge < -0.3 is 10.4 Å². The lowest BCUT2D eigenvalue weighted by molar-refractivity contribution is 0.455. The van der Waals surface area contributed by atoms with Crippen molar-refractivity contribution in [2.24, 2.45) is 0 Å². The molecule has 0 heterocycles. The summed E-state index contributed by atoms with van der Waals surface area (Å²) in [4.78, 5) is 0. The number of phenolic OH excluding ortho intramolecular Hbond substituents is 1. The molecule has 0 aliphatic heterocycles. The number of hydrogen-bond acceptors (Lipinski definition) is 2. The van der Waals surface area contributed by atoms with Crippen molar-refractivity contribution in [3.63, 3.8) is 0 Å². The van der Waals surface area contributed by atoms with Crippen LogP contribution in [0.25, 0.3) is 0 Å². The summed E-state index contributed by atoms with van der Waals surface area (Å²) in [5, 5.41) is 14.2. The highest BCUT2D eigenvalue weighted by Crippen LogP contribution is 2.21. The minimum atomic E-state index is 0.287. The smallest absolute Gasteiger partial charge is 0.122 e. The lowest BCUT2D eigenvalue weighted by Crippen LogP contribution is -2.27. The van der Waals surface area contributed by atoms with Gasteiger partial charge in [0.15, 0.2) is 0 Å². The summed E-state index contributed by atoms with van der Waals surface area (Å²) in [6, 6.07) is 14.0. The Morgan fingerprint density at radius 1 is 1.10 bits per heavy atom. The van der Waals surface area contributed by atoms with E-state index in [0.717, 1.165) is 28.1 Å². The van der Waals surface area contributed by atoms with Gasteiger partial charge in [0.25, 0.3) is 0 Å². The van der Waals surface area contributed by atoms with Gasteiger partial charge in [-0.25, -0.2) is 0 Å². The lowest BCUT2D eigenvalue weighted by atomic mass is 10.1. The summed E-state index contributed by atoms with van der Waals surface area (Å²) in [5.74, 6) is 0.380. The molecule has 1 atom stereocenters. The predicted molar refractivity (Wildman–Crippen MR) is 84.3 cm³/mol. The Labute approximate surface area is 125 Å². The summed E-state index contributed by atoms with van der Waals surface area (Å²) < 4.78 is 0. The van der Waals surface area contributed by atoms with E-state index in [1.165, 1.54) is 0 Å². The topological polar surface area (TPSA) is 32.3 Å². The normalized spacial score (nSPS) is 12.3. The Balaban J connectivity index is 1.94. The van der Waals surface area contributed by atoms with Gasteiger partial charge in [0.2, 0.25) is 0 Å². The molecule has 20 heavy (non-hydrogen) atoms. The molecule has 0 saturated carbocycles. The second-order valence-corrected chi connectivity index (χ2v) is 5.57. The highest BCUT2D eigenvalue weighted by Gasteiger charge is 2.08. The van der Waals surface area contributed by atoms with Crippen molar-refractivity contribution >= 4 is 11.6 Å². The molecule has 2 aromatic carbocycles. The highest BCUT2D eigenvalue weighted by molar-refractivity contribution is 6.31. The third-order valence-electron chi connectivity index (χ3n) is 3.45. The third-order valence-corrected chi connectivity index (χ3v) is 3.81. The standard InChI is InChI=1S/C17H20ClNO/c1-12-6-5-8-15(17(12)20)11-19-13(2)10-14-7-3-4-9-16(14)18/h3-9,13,19-20H,10-11H2,1-2H3. The molecular weight excluding hydrogens is 270 g/mol. The van der Waals surface area contributed by atoms with Crippen molar-refractivity contribution in [3.8, 4) is 5.75 Å². The van der Waals surface area contributed by atoms with Crippen LogP contribution in [0.2, 0.25) is 5.02 Å². The van der Waals surface area contributed by atoms with E-state index in [1.807, 2.05) is 49.4 Å². The zero-order chi connectivity index (χ0) is 14.5. The van der Waals surface area contributed by atoms with E-state index in [4.69, 9.17) is 11.6 Å². The summed E-state index contributed by atoms with van der Waals surface area (Å²) >= 11 is 6.16. The van der Waals surface area contributed by atoms with Crippen molar-refractivity contribution in [3.05, 3.63) is 64.2 Å². The number of aryl methyl sites for hydroxylation is 1. The quantitative estimate of drug-likeness (QED) is 0.869. The number of rotatable bonds is 5. The van der Waals surface area contributed by atoms with Crippen LogP contribution < -0.4 is 5.32 Å². The molecule has 0 amide bonds. The second kappa shape index (κ2) is 6.78. The van der Waals surface area contributed by atoms with E-state index in [0.29, 0.717) is 12.3 Å². The first-order chi connectivity index (χ1) is 9.58. The van der Waals surface area contributed by atoms with Gasteiger partial charge >= 0.3 is 0 Å². The van der Waals surface area contributed by atoms with Crippen molar-refractivity contribution in [1.29, 1.82) is 0 Å². The third kappa shape index (κ3) is 3.75. The molecule has 0 fully saturated rings. The van der Waals surface area contributed by atoms with E-state index in [2.05, 4.69) is 12.2 Å². The van der Waals surface area contributed by atoms with E-state index < -0.39 is 0 Å². The van der Waals surface area contributed by atoms with Gasteiger partial charge in [-0.2, -0.15) is 0 Å². The minimum Gasteiger partial charge on any atom is -0.507 e. The Morgan fingerprint density at radius 2 is 1.80 bits per heavy atom.